The van der Waals surface area contributed by atoms with Gasteiger partial charge in [-0.3, -0.25) is 4.79 Å². The summed E-state index contributed by atoms with van der Waals surface area (Å²) in [5, 5.41) is 22.1. The van der Waals surface area contributed by atoms with Gasteiger partial charge in [-0.25, -0.2) is 18.4 Å². The van der Waals surface area contributed by atoms with Crippen LogP contribution >= 0.6 is 0 Å². The third-order valence-corrected chi connectivity index (χ3v) is 11.4. The van der Waals surface area contributed by atoms with E-state index in [-0.39, 0.29) is 30.9 Å². The van der Waals surface area contributed by atoms with Gasteiger partial charge < -0.3 is 19.7 Å². The van der Waals surface area contributed by atoms with Gasteiger partial charge in [-0.15, -0.1) is 0 Å². The summed E-state index contributed by atoms with van der Waals surface area (Å²) in [5.41, 5.74) is -7.38. The summed E-state index contributed by atoms with van der Waals surface area (Å²) in [6.07, 6.45) is 2.72. The molecule has 0 bridgehead atoms. The van der Waals surface area contributed by atoms with Crippen LogP contribution in [0.2, 0.25) is 0 Å². The SMILES string of the molecule is CCC1CCC(OC(=O)OC2(C(=O)O)[C@H](C)C[C@H]3[C@@H]4C[C@H](F)C5=CC(=O)C=C[C@]5(C)[C@@]4(F)[C@@H](O)C[C@@]32C)CC1. The molecule has 0 heterocycles. The van der Waals surface area contributed by atoms with E-state index < -0.39 is 70.0 Å². The van der Waals surface area contributed by atoms with Gasteiger partial charge in [0.15, 0.2) is 11.5 Å². The van der Waals surface area contributed by atoms with Crippen molar-refractivity contribution in [3.63, 3.8) is 0 Å². The van der Waals surface area contributed by atoms with Crippen molar-refractivity contribution in [1.29, 1.82) is 0 Å². The third-order valence-electron chi connectivity index (χ3n) is 11.4. The summed E-state index contributed by atoms with van der Waals surface area (Å²) in [6.45, 7) is 6.88. The van der Waals surface area contributed by atoms with E-state index in [0.29, 0.717) is 18.8 Å². The maximum atomic E-state index is 17.4. The highest BCUT2D eigenvalue weighted by molar-refractivity contribution is 6.01. The Morgan fingerprint density at radius 2 is 1.79 bits per heavy atom. The number of carboxylic acids is 1. The van der Waals surface area contributed by atoms with Gasteiger partial charge in [0.05, 0.1) is 6.10 Å². The zero-order valence-electron chi connectivity index (χ0n) is 23.1. The van der Waals surface area contributed by atoms with Gasteiger partial charge in [-0.05, 0) is 81.4 Å². The average Bonchev–Trinajstić information content (AvgIpc) is 3.09. The van der Waals surface area contributed by atoms with E-state index in [9.17, 15) is 24.6 Å². The van der Waals surface area contributed by atoms with Gasteiger partial charge in [0.25, 0.3) is 0 Å². The lowest BCUT2D eigenvalue weighted by Gasteiger charge is -2.62. The first-order chi connectivity index (χ1) is 18.2. The van der Waals surface area contributed by atoms with Gasteiger partial charge in [0.2, 0.25) is 5.60 Å². The molecule has 9 atom stereocenters. The summed E-state index contributed by atoms with van der Waals surface area (Å²) in [4.78, 5) is 38.1. The number of fused-ring (bicyclic) bond motifs is 5. The van der Waals surface area contributed by atoms with Crippen molar-refractivity contribution in [2.75, 3.05) is 0 Å². The number of aliphatic hydroxyl groups excluding tert-OH is 1. The fourth-order valence-corrected chi connectivity index (χ4v) is 9.19. The number of ketones is 1. The fourth-order valence-electron chi connectivity index (χ4n) is 9.19. The van der Waals surface area contributed by atoms with Crippen molar-refractivity contribution in [1.82, 2.24) is 0 Å². The van der Waals surface area contributed by atoms with Gasteiger partial charge in [0.1, 0.15) is 12.3 Å². The highest BCUT2D eigenvalue weighted by atomic mass is 19.1. The number of rotatable bonds is 4. The van der Waals surface area contributed by atoms with E-state index in [2.05, 4.69) is 6.92 Å². The predicted molar refractivity (Wildman–Crippen MR) is 137 cm³/mol. The largest absolute Gasteiger partial charge is 0.509 e. The van der Waals surface area contributed by atoms with E-state index in [1.54, 1.807) is 13.8 Å². The van der Waals surface area contributed by atoms with Crippen LogP contribution in [0.25, 0.3) is 0 Å². The van der Waals surface area contributed by atoms with Gasteiger partial charge in [-0.2, -0.15) is 0 Å². The van der Waals surface area contributed by atoms with Crippen molar-refractivity contribution in [2.45, 2.75) is 109 Å². The molecule has 1 unspecified atom stereocenters. The van der Waals surface area contributed by atoms with E-state index in [1.165, 1.54) is 19.1 Å². The number of halogens is 2. The topological polar surface area (TPSA) is 110 Å². The lowest BCUT2D eigenvalue weighted by Crippen LogP contribution is -2.71. The fraction of sp³-hybridized carbons (Fsp3) is 0.767. The second kappa shape index (κ2) is 9.38. The quantitative estimate of drug-likeness (QED) is 0.445. The highest BCUT2D eigenvalue weighted by Crippen LogP contribution is 2.71. The molecular formula is C30H40F2O7. The first-order valence-corrected chi connectivity index (χ1v) is 14.3. The second-order valence-corrected chi connectivity index (χ2v) is 13.1. The van der Waals surface area contributed by atoms with Gasteiger partial charge >= 0.3 is 12.1 Å². The van der Waals surface area contributed by atoms with Crippen LogP contribution in [-0.4, -0.2) is 57.8 Å². The Bertz CT molecular complexity index is 1110. The molecule has 0 aromatic heterocycles. The van der Waals surface area contributed by atoms with Crippen molar-refractivity contribution in [3.05, 3.63) is 23.8 Å². The molecule has 4 fully saturated rings. The van der Waals surface area contributed by atoms with Crippen molar-refractivity contribution >= 4 is 17.9 Å². The summed E-state index contributed by atoms with van der Waals surface area (Å²) in [6, 6.07) is 0. The molecule has 5 aliphatic carbocycles. The number of carbonyl (C=O) groups excluding carboxylic acids is 2. The molecule has 216 valence electrons. The molecule has 0 saturated heterocycles. The summed E-state index contributed by atoms with van der Waals surface area (Å²) in [5.74, 6) is -3.74. The average molecular weight is 551 g/mol. The summed E-state index contributed by atoms with van der Waals surface area (Å²) in [7, 11) is 0. The van der Waals surface area contributed by atoms with Crippen LogP contribution in [0.15, 0.2) is 23.8 Å². The van der Waals surface area contributed by atoms with Crippen molar-refractivity contribution in [2.24, 2.45) is 34.5 Å². The normalized spacial score (nSPS) is 48.8. The molecule has 0 aromatic rings. The molecule has 7 nitrogen and oxygen atoms in total. The maximum Gasteiger partial charge on any atom is 0.509 e. The molecule has 0 aliphatic heterocycles. The van der Waals surface area contributed by atoms with E-state index in [0.717, 1.165) is 25.3 Å². The first-order valence-electron chi connectivity index (χ1n) is 14.3. The number of alkyl halides is 2. The minimum absolute atomic E-state index is 0.00423. The number of aliphatic carboxylic acids is 1. The minimum Gasteiger partial charge on any atom is -0.478 e. The minimum atomic E-state index is -2.34. The Labute approximate surface area is 228 Å². The van der Waals surface area contributed by atoms with E-state index in [1.807, 2.05) is 0 Å². The summed E-state index contributed by atoms with van der Waals surface area (Å²) < 4.78 is 44.4. The van der Waals surface area contributed by atoms with Crippen LogP contribution in [0.3, 0.4) is 0 Å². The summed E-state index contributed by atoms with van der Waals surface area (Å²) >= 11 is 0. The Hall–Kier alpha value is -2.29. The lowest BCUT2D eigenvalue weighted by molar-refractivity contribution is -0.232. The third kappa shape index (κ3) is 3.77. The Balaban J connectivity index is 1.47. The molecule has 4 saturated carbocycles. The Morgan fingerprint density at radius 1 is 1.13 bits per heavy atom. The van der Waals surface area contributed by atoms with Gasteiger partial charge in [0, 0.05) is 22.7 Å². The Morgan fingerprint density at radius 3 is 2.41 bits per heavy atom. The van der Waals surface area contributed by atoms with Crippen LogP contribution in [0.4, 0.5) is 13.6 Å². The van der Waals surface area contributed by atoms with Crippen LogP contribution in [0.5, 0.6) is 0 Å². The molecule has 39 heavy (non-hydrogen) atoms. The van der Waals surface area contributed by atoms with Crippen molar-refractivity contribution < 1.29 is 42.9 Å². The van der Waals surface area contributed by atoms with Crippen LogP contribution in [0.1, 0.15) is 79.1 Å². The van der Waals surface area contributed by atoms with E-state index >= 15 is 8.78 Å². The second-order valence-electron chi connectivity index (χ2n) is 13.1. The molecule has 9 heteroatoms. The van der Waals surface area contributed by atoms with E-state index in [4.69, 9.17) is 9.47 Å². The smallest absolute Gasteiger partial charge is 0.478 e. The maximum absolute atomic E-state index is 17.4. The molecule has 0 spiro atoms. The highest BCUT2D eigenvalue weighted by Gasteiger charge is 2.78. The number of ether oxygens (including phenoxy) is 2. The Kier molecular flexibility index (Phi) is 6.80. The number of allylic oxidation sites excluding steroid dienone is 4. The number of hydrogen-bond donors (Lipinski definition) is 2. The number of hydrogen-bond acceptors (Lipinski definition) is 6. The molecular weight excluding hydrogens is 510 g/mol. The molecule has 5 aliphatic rings. The zero-order chi connectivity index (χ0) is 28.5. The van der Waals surface area contributed by atoms with Crippen LogP contribution in [0, 0.1) is 34.5 Å². The molecule has 0 aromatic carbocycles. The molecule has 5 rings (SSSR count). The number of carbonyl (C=O) groups is 3. The molecule has 2 N–H and O–H groups in total. The van der Waals surface area contributed by atoms with Gasteiger partial charge in [-0.1, -0.05) is 33.3 Å². The lowest BCUT2D eigenvalue weighted by atomic mass is 9.44. The molecule has 0 amide bonds. The zero-order valence-corrected chi connectivity index (χ0v) is 23.1. The molecule has 0 radical (unpaired) electrons. The van der Waals surface area contributed by atoms with Crippen molar-refractivity contribution in [3.8, 4) is 0 Å². The predicted octanol–water partition coefficient (Wildman–Crippen LogP) is 5.50. The van der Waals surface area contributed by atoms with Crippen LogP contribution < -0.4 is 0 Å². The number of aliphatic hydroxyl groups is 1. The standard InChI is InChI=1S/C30H40F2O7/c1-5-17-6-8-19(9-7-17)38-26(37)39-30(25(35)36)16(2)12-20-21-14-23(31)22-13-18(33)10-11-27(22,3)29(21,32)24(34)15-28(20,30)4/h10-11,13,16-17,19-21,23-24,34H,5-9,12,14-15H2,1-4H3,(H,35,36)/t16-,17?,19?,20+,21+,23+,24+,27+,28+,29+,30?/m1/s1. The number of carboxylic acid groups (broad SMARTS) is 1. The monoisotopic (exact) mass is 550 g/mol. The first kappa shape index (κ1) is 28.2. The van der Waals surface area contributed by atoms with Crippen LogP contribution in [-0.2, 0) is 19.1 Å².